The average Bonchev–Trinajstić information content (AvgIpc) is 2.78. The van der Waals surface area contributed by atoms with E-state index in [0.717, 1.165) is 24.5 Å². The van der Waals surface area contributed by atoms with Crippen molar-refractivity contribution in [2.75, 3.05) is 12.8 Å². The fraction of sp³-hybridized carbons (Fsp3) is 0.667. The highest BCUT2D eigenvalue weighted by molar-refractivity contribution is 5.78. The summed E-state index contributed by atoms with van der Waals surface area (Å²) in [7, 11) is 1.58. The second kappa shape index (κ2) is 7.24. The average molecular weight is 291 g/mol. The zero-order valence-electron chi connectivity index (χ0n) is 13.2. The van der Waals surface area contributed by atoms with Crippen molar-refractivity contribution in [3.8, 4) is 5.88 Å². The van der Waals surface area contributed by atoms with Crippen LogP contribution in [0.15, 0.2) is 6.33 Å². The second-order valence-electron chi connectivity index (χ2n) is 5.77. The summed E-state index contributed by atoms with van der Waals surface area (Å²) in [5.74, 6) is 1.75. The summed E-state index contributed by atoms with van der Waals surface area (Å²) >= 11 is 0. The lowest BCUT2D eigenvalue weighted by atomic mass is 10.0. The molecule has 0 unspecified atom stereocenters. The molecule has 6 heteroatoms. The molecule has 0 saturated carbocycles. The van der Waals surface area contributed by atoms with E-state index in [4.69, 9.17) is 10.5 Å². The summed E-state index contributed by atoms with van der Waals surface area (Å²) in [4.78, 5) is 12.6. The van der Waals surface area contributed by atoms with Crippen LogP contribution < -0.4 is 10.5 Å². The number of unbranched alkanes of at least 4 members (excludes halogenated alkanes) is 3. The number of nitrogens with two attached hydrogens (primary N) is 1. The Hall–Kier alpha value is -1.85. The molecule has 2 N–H and O–H groups in total. The minimum atomic E-state index is 0.474. The van der Waals surface area contributed by atoms with Crippen molar-refractivity contribution in [2.45, 2.75) is 52.5 Å². The number of methoxy groups -OCH3 is 1. The smallest absolute Gasteiger partial charge is 0.245 e. The van der Waals surface area contributed by atoms with Gasteiger partial charge >= 0.3 is 0 Å². The van der Waals surface area contributed by atoms with Crippen LogP contribution >= 0.6 is 0 Å². The first-order valence-corrected chi connectivity index (χ1v) is 7.64. The largest absolute Gasteiger partial charge is 0.479 e. The molecule has 0 atom stereocenters. The first-order chi connectivity index (χ1) is 10.1. The Kier molecular flexibility index (Phi) is 5.36. The van der Waals surface area contributed by atoms with E-state index in [0.29, 0.717) is 17.3 Å². The SMILES string of the molecule is COc1ncnc2c1nc(N)n2CCCCCCC(C)C. The van der Waals surface area contributed by atoms with Gasteiger partial charge in [-0.05, 0) is 12.3 Å². The minimum Gasteiger partial charge on any atom is -0.479 e. The molecule has 0 aromatic carbocycles. The molecule has 0 saturated heterocycles. The van der Waals surface area contributed by atoms with Gasteiger partial charge in [-0.1, -0.05) is 39.5 Å². The predicted molar refractivity (Wildman–Crippen MR) is 84.2 cm³/mol. The molecule has 6 nitrogen and oxygen atoms in total. The van der Waals surface area contributed by atoms with Gasteiger partial charge < -0.3 is 10.5 Å². The van der Waals surface area contributed by atoms with Crippen LogP contribution in [-0.2, 0) is 6.54 Å². The maximum Gasteiger partial charge on any atom is 0.245 e. The van der Waals surface area contributed by atoms with Gasteiger partial charge in [0.05, 0.1) is 7.11 Å². The highest BCUT2D eigenvalue weighted by Gasteiger charge is 2.13. The number of aromatic nitrogens is 4. The third-order valence-corrected chi connectivity index (χ3v) is 3.63. The van der Waals surface area contributed by atoms with Crippen LogP contribution in [0.3, 0.4) is 0 Å². The van der Waals surface area contributed by atoms with E-state index >= 15 is 0 Å². The molecule has 2 rings (SSSR count). The third-order valence-electron chi connectivity index (χ3n) is 3.63. The van der Waals surface area contributed by atoms with Crippen LogP contribution in [0.1, 0.15) is 46.0 Å². The van der Waals surface area contributed by atoms with E-state index in [9.17, 15) is 0 Å². The highest BCUT2D eigenvalue weighted by Crippen LogP contribution is 2.23. The lowest BCUT2D eigenvalue weighted by Crippen LogP contribution is -2.04. The Morgan fingerprint density at radius 3 is 2.67 bits per heavy atom. The van der Waals surface area contributed by atoms with Crippen molar-refractivity contribution in [1.82, 2.24) is 19.5 Å². The second-order valence-corrected chi connectivity index (χ2v) is 5.77. The van der Waals surface area contributed by atoms with Crippen molar-refractivity contribution in [3.63, 3.8) is 0 Å². The monoisotopic (exact) mass is 291 g/mol. The molecule has 0 fully saturated rings. The number of nitrogens with zero attached hydrogens (tertiary/aromatic N) is 4. The molecule has 21 heavy (non-hydrogen) atoms. The molecule has 116 valence electrons. The quantitative estimate of drug-likeness (QED) is 0.756. The number of anilines is 1. The van der Waals surface area contributed by atoms with Gasteiger partial charge in [0.2, 0.25) is 11.8 Å². The molecule has 0 spiro atoms. The number of hydrogen-bond donors (Lipinski definition) is 1. The maximum atomic E-state index is 5.99. The molecule has 0 bridgehead atoms. The summed E-state index contributed by atoms with van der Waals surface area (Å²) in [6.07, 6.45) is 7.65. The van der Waals surface area contributed by atoms with E-state index in [1.165, 1.54) is 32.0 Å². The number of ether oxygens (including phenoxy) is 1. The summed E-state index contributed by atoms with van der Waals surface area (Å²) in [5, 5.41) is 0. The number of aryl methyl sites for hydroxylation is 1. The van der Waals surface area contributed by atoms with E-state index in [1.807, 2.05) is 4.57 Å². The van der Waals surface area contributed by atoms with Gasteiger partial charge in [0, 0.05) is 6.54 Å². The maximum absolute atomic E-state index is 5.99. The number of rotatable bonds is 8. The zero-order valence-corrected chi connectivity index (χ0v) is 13.2. The van der Waals surface area contributed by atoms with Crippen LogP contribution in [-0.4, -0.2) is 26.6 Å². The van der Waals surface area contributed by atoms with E-state index in [1.54, 1.807) is 7.11 Å². The minimum absolute atomic E-state index is 0.474. The summed E-state index contributed by atoms with van der Waals surface area (Å²) < 4.78 is 7.14. The Labute approximate surface area is 125 Å². The van der Waals surface area contributed by atoms with Crippen molar-refractivity contribution in [2.24, 2.45) is 5.92 Å². The van der Waals surface area contributed by atoms with Gasteiger partial charge in [0.15, 0.2) is 11.2 Å². The fourth-order valence-electron chi connectivity index (χ4n) is 2.48. The van der Waals surface area contributed by atoms with Crippen LogP contribution in [0.5, 0.6) is 5.88 Å². The Balaban J connectivity index is 1.94. The van der Waals surface area contributed by atoms with Crippen LogP contribution in [0.25, 0.3) is 11.2 Å². The zero-order chi connectivity index (χ0) is 15.2. The molecule has 2 aromatic heterocycles. The van der Waals surface area contributed by atoms with Crippen molar-refractivity contribution in [3.05, 3.63) is 6.33 Å². The van der Waals surface area contributed by atoms with Crippen molar-refractivity contribution >= 4 is 17.1 Å². The van der Waals surface area contributed by atoms with Crippen molar-refractivity contribution in [1.29, 1.82) is 0 Å². The van der Waals surface area contributed by atoms with Crippen molar-refractivity contribution < 1.29 is 4.74 Å². The van der Waals surface area contributed by atoms with Gasteiger partial charge in [-0.15, -0.1) is 0 Å². The molecule has 0 aliphatic rings. The lowest BCUT2D eigenvalue weighted by molar-refractivity contribution is 0.401. The third kappa shape index (κ3) is 3.83. The lowest BCUT2D eigenvalue weighted by Gasteiger charge is -2.07. The molecule has 0 aliphatic carbocycles. The first kappa shape index (κ1) is 15.5. The molecular weight excluding hydrogens is 266 g/mol. The topological polar surface area (TPSA) is 78.8 Å². The van der Waals surface area contributed by atoms with Crippen LogP contribution in [0.4, 0.5) is 5.95 Å². The normalized spacial score (nSPS) is 11.4. The van der Waals surface area contributed by atoms with E-state index in [2.05, 4.69) is 28.8 Å². The summed E-state index contributed by atoms with van der Waals surface area (Å²) in [5.41, 5.74) is 7.37. The van der Waals surface area contributed by atoms with Gasteiger partial charge in [-0.3, -0.25) is 4.57 Å². The molecule has 2 aromatic rings. The Morgan fingerprint density at radius 1 is 1.19 bits per heavy atom. The molecule has 0 radical (unpaired) electrons. The number of nitrogen functional groups attached to an aromatic ring is 1. The van der Waals surface area contributed by atoms with Gasteiger partial charge in [0.25, 0.3) is 0 Å². The van der Waals surface area contributed by atoms with Gasteiger partial charge in [-0.25, -0.2) is 9.97 Å². The Bertz CT molecular complexity index is 579. The standard InChI is InChI=1S/C15H25N5O/c1-11(2)8-6-4-5-7-9-20-13-12(19-15(20)16)14(21-3)18-10-17-13/h10-11H,4-9H2,1-3H3,(H2,16,19). The van der Waals surface area contributed by atoms with E-state index < -0.39 is 0 Å². The summed E-state index contributed by atoms with van der Waals surface area (Å²) in [6.45, 7) is 5.38. The molecule has 2 heterocycles. The number of imidazole rings is 1. The summed E-state index contributed by atoms with van der Waals surface area (Å²) in [6, 6.07) is 0. The van der Waals surface area contributed by atoms with Gasteiger partial charge in [-0.2, -0.15) is 4.98 Å². The number of hydrogen-bond acceptors (Lipinski definition) is 5. The first-order valence-electron chi connectivity index (χ1n) is 7.64. The predicted octanol–water partition coefficient (Wildman–Crippen LogP) is 3.02. The fourth-order valence-corrected chi connectivity index (χ4v) is 2.48. The van der Waals surface area contributed by atoms with Crippen LogP contribution in [0.2, 0.25) is 0 Å². The van der Waals surface area contributed by atoms with E-state index in [-0.39, 0.29) is 0 Å². The Morgan fingerprint density at radius 2 is 1.95 bits per heavy atom. The molecule has 0 aliphatic heterocycles. The number of fused-ring (bicyclic) bond motifs is 1. The van der Waals surface area contributed by atoms with Crippen LogP contribution in [0, 0.1) is 5.92 Å². The highest BCUT2D eigenvalue weighted by atomic mass is 16.5. The molecule has 0 amide bonds. The van der Waals surface area contributed by atoms with Gasteiger partial charge in [0.1, 0.15) is 6.33 Å². The molecular formula is C15H25N5O.